The van der Waals surface area contributed by atoms with Crippen LogP contribution < -0.4 is 4.90 Å². The Morgan fingerprint density at radius 2 is 1.94 bits per heavy atom. The molecule has 1 aromatic carbocycles. The molecule has 2 N–H and O–H groups in total. The number of aliphatic hydroxyl groups is 2. The minimum atomic E-state index is -0.238. The smallest absolute Gasteiger partial charge is 0.0749 e. The highest BCUT2D eigenvalue weighted by Gasteiger charge is 2.16. The number of rotatable bonds is 4. The van der Waals surface area contributed by atoms with Crippen molar-refractivity contribution in [2.75, 3.05) is 25.2 Å². The van der Waals surface area contributed by atoms with Crippen molar-refractivity contribution in [3.8, 4) is 0 Å². The quantitative estimate of drug-likeness (QED) is 0.850. The molecule has 0 aliphatic heterocycles. The summed E-state index contributed by atoms with van der Waals surface area (Å²) in [6, 6.07) is 7.91. The lowest BCUT2D eigenvalue weighted by molar-refractivity contribution is 0.191. The highest BCUT2D eigenvalue weighted by molar-refractivity contribution is 7.17. The van der Waals surface area contributed by atoms with E-state index in [-0.39, 0.29) is 19.3 Å². The van der Waals surface area contributed by atoms with Crippen LogP contribution in [0.4, 0.5) is 5.69 Å². The zero-order valence-corrected chi connectivity index (χ0v) is 9.94. The molecule has 16 heavy (non-hydrogen) atoms. The van der Waals surface area contributed by atoms with Gasteiger partial charge in [-0.25, -0.2) is 0 Å². The molecule has 0 aliphatic carbocycles. The maximum atomic E-state index is 9.17. The summed E-state index contributed by atoms with van der Waals surface area (Å²) < 4.78 is 1.22. The molecule has 4 heteroatoms. The topological polar surface area (TPSA) is 43.7 Å². The Kier molecular flexibility index (Phi) is 3.43. The van der Waals surface area contributed by atoms with Gasteiger partial charge in [0.05, 0.1) is 24.9 Å². The molecule has 1 aromatic heterocycles. The number of hydrogen-bond acceptors (Lipinski definition) is 4. The van der Waals surface area contributed by atoms with E-state index in [1.54, 1.807) is 11.3 Å². The first-order chi connectivity index (χ1) is 7.77. The van der Waals surface area contributed by atoms with Gasteiger partial charge in [0.25, 0.3) is 0 Å². The van der Waals surface area contributed by atoms with Crippen LogP contribution in [0, 0.1) is 0 Å². The molecule has 0 unspecified atom stereocenters. The van der Waals surface area contributed by atoms with E-state index >= 15 is 0 Å². The molecule has 0 bridgehead atoms. The van der Waals surface area contributed by atoms with Gasteiger partial charge in [-0.3, -0.25) is 0 Å². The lowest BCUT2D eigenvalue weighted by atomic mass is 10.2. The van der Waals surface area contributed by atoms with Gasteiger partial charge in [0.2, 0.25) is 0 Å². The van der Waals surface area contributed by atoms with Crippen LogP contribution >= 0.6 is 11.3 Å². The molecule has 2 rings (SSSR count). The van der Waals surface area contributed by atoms with Crippen LogP contribution in [-0.2, 0) is 0 Å². The number of anilines is 1. The average Bonchev–Trinajstić information content (AvgIpc) is 2.74. The molecule has 0 aliphatic rings. The van der Waals surface area contributed by atoms with E-state index in [0.717, 1.165) is 5.69 Å². The molecule has 0 amide bonds. The minimum Gasteiger partial charge on any atom is -0.394 e. The molecule has 0 fully saturated rings. The van der Waals surface area contributed by atoms with Crippen LogP contribution in [0.3, 0.4) is 0 Å². The SMILES string of the molecule is CN(c1csc2ccccc12)C(CO)CO. The highest BCUT2D eigenvalue weighted by Crippen LogP contribution is 2.32. The normalized spacial score (nSPS) is 11.2. The third kappa shape index (κ3) is 1.91. The van der Waals surface area contributed by atoms with Crippen LogP contribution in [-0.4, -0.2) is 36.5 Å². The molecule has 0 spiro atoms. The van der Waals surface area contributed by atoms with Gasteiger partial charge in [0.15, 0.2) is 0 Å². The molecule has 2 aromatic rings. The molecule has 0 radical (unpaired) electrons. The second-order valence-corrected chi connectivity index (χ2v) is 4.66. The first-order valence-corrected chi connectivity index (χ1v) is 6.06. The van der Waals surface area contributed by atoms with Crippen molar-refractivity contribution in [1.82, 2.24) is 0 Å². The largest absolute Gasteiger partial charge is 0.394 e. The maximum absolute atomic E-state index is 9.17. The standard InChI is InChI=1S/C12H15NO2S/c1-13(9(6-14)7-15)11-8-16-12-5-3-2-4-10(11)12/h2-5,8-9,14-15H,6-7H2,1H3. The first-order valence-electron chi connectivity index (χ1n) is 5.18. The van der Waals surface area contributed by atoms with E-state index in [1.165, 1.54) is 10.1 Å². The molecule has 3 nitrogen and oxygen atoms in total. The number of benzene rings is 1. The van der Waals surface area contributed by atoms with Gasteiger partial charge in [-0.1, -0.05) is 18.2 Å². The Bertz CT molecular complexity index is 465. The van der Waals surface area contributed by atoms with Crippen molar-refractivity contribution in [3.05, 3.63) is 29.6 Å². The van der Waals surface area contributed by atoms with E-state index in [2.05, 4.69) is 17.5 Å². The van der Waals surface area contributed by atoms with Crippen molar-refractivity contribution < 1.29 is 10.2 Å². The Morgan fingerprint density at radius 1 is 1.25 bits per heavy atom. The predicted molar refractivity (Wildman–Crippen MR) is 68.2 cm³/mol. The van der Waals surface area contributed by atoms with E-state index in [0.29, 0.717) is 0 Å². The number of thiophene rings is 1. The predicted octanol–water partition coefficient (Wildman–Crippen LogP) is 1.69. The molecule has 1 heterocycles. The van der Waals surface area contributed by atoms with Crippen LogP contribution in [0.5, 0.6) is 0 Å². The first kappa shape index (κ1) is 11.4. The molecule has 0 atom stereocenters. The molecular formula is C12H15NO2S. The number of aliphatic hydroxyl groups excluding tert-OH is 2. The van der Waals surface area contributed by atoms with Crippen molar-refractivity contribution in [1.29, 1.82) is 0 Å². The Morgan fingerprint density at radius 3 is 2.62 bits per heavy atom. The Labute approximate surface area is 98.6 Å². The molecule has 86 valence electrons. The van der Waals surface area contributed by atoms with Gasteiger partial charge >= 0.3 is 0 Å². The van der Waals surface area contributed by atoms with Gasteiger partial charge in [-0.15, -0.1) is 11.3 Å². The number of fused-ring (bicyclic) bond motifs is 1. The summed E-state index contributed by atoms with van der Waals surface area (Å²) in [6.45, 7) is -0.0889. The Hall–Kier alpha value is -1.10. The second kappa shape index (κ2) is 4.82. The van der Waals surface area contributed by atoms with E-state index in [4.69, 9.17) is 10.2 Å². The third-order valence-electron chi connectivity index (χ3n) is 2.81. The fraction of sp³-hybridized carbons (Fsp3) is 0.333. The average molecular weight is 237 g/mol. The minimum absolute atomic E-state index is 0.0445. The van der Waals surface area contributed by atoms with Crippen LogP contribution in [0.25, 0.3) is 10.1 Å². The van der Waals surface area contributed by atoms with Crippen molar-refractivity contribution >= 4 is 27.1 Å². The van der Waals surface area contributed by atoms with E-state index in [1.807, 2.05) is 24.1 Å². The lowest BCUT2D eigenvalue weighted by Gasteiger charge is -2.26. The summed E-state index contributed by atoms with van der Waals surface area (Å²) >= 11 is 1.68. The Balaban J connectivity index is 2.39. The summed E-state index contributed by atoms with van der Waals surface area (Å²) in [4.78, 5) is 1.93. The zero-order valence-electron chi connectivity index (χ0n) is 9.13. The fourth-order valence-corrected chi connectivity index (χ4v) is 2.72. The van der Waals surface area contributed by atoms with Gasteiger partial charge in [-0.2, -0.15) is 0 Å². The number of nitrogens with zero attached hydrogens (tertiary/aromatic N) is 1. The summed E-state index contributed by atoms with van der Waals surface area (Å²) in [5.74, 6) is 0. The van der Waals surface area contributed by atoms with Crippen LogP contribution in [0.2, 0.25) is 0 Å². The van der Waals surface area contributed by atoms with Gasteiger partial charge in [0.1, 0.15) is 0 Å². The van der Waals surface area contributed by atoms with Gasteiger partial charge in [-0.05, 0) is 6.07 Å². The molecule has 0 saturated carbocycles. The molecule has 0 saturated heterocycles. The lowest BCUT2D eigenvalue weighted by Crippen LogP contribution is -2.37. The number of likely N-dealkylation sites (N-methyl/N-ethyl adjacent to an activating group) is 1. The summed E-state index contributed by atoms with van der Waals surface area (Å²) in [5, 5.41) is 21.6. The second-order valence-electron chi connectivity index (χ2n) is 3.75. The monoisotopic (exact) mass is 237 g/mol. The summed E-state index contributed by atoms with van der Waals surface area (Å²) in [7, 11) is 1.89. The van der Waals surface area contributed by atoms with Crippen LogP contribution in [0.15, 0.2) is 29.6 Å². The van der Waals surface area contributed by atoms with Crippen molar-refractivity contribution in [2.24, 2.45) is 0 Å². The summed E-state index contributed by atoms with van der Waals surface area (Å²) in [5.41, 5.74) is 1.06. The van der Waals surface area contributed by atoms with Crippen molar-refractivity contribution in [3.63, 3.8) is 0 Å². The zero-order chi connectivity index (χ0) is 11.5. The molecular weight excluding hydrogens is 222 g/mol. The maximum Gasteiger partial charge on any atom is 0.0749 e. The van der Waals surface area contributed by atoms with Crippen LogP contribution in [0.1, 0.15) is 0 Å². The van der Waals surface area contributed by atoms with Gasteiger partial charge < -0.3 is 15.1 Å². The van der Waals surface area contributed by atoms with Crippen molar-refractivity contribution in [2.45, 2.75) is 6.04 Å². The fourth-order valence-electron chi connectivity index (χ4n) is 1.74. The third-order valence-corrected chi connectivity index (χ3v) is 3.76. The summed E-state index contributed by atoms with van der Waals surface area (Å²) in [6.07, 6.45) is 0. The highest BCUT2D eigenvalue weighted by atomic mass is 32.1. The van der Waals surface area contributed by atoms with E-state index in [9.17, 15) is 0 Å². The van der Waals surface area contributed by atoms with Gasteiger partial charge in [0, 0.05) is 22.5 Å². The number of hydrogen-bond donors (Lipinski definition) is 2. The van der Waals surface area contributed by atoms with E-state index < -0.39 is 0 Å².